The lowest BCUT2D eigenvalue weighted by molar-refractivity contribution is -0.384. The number of non-ortho nitro benzene ring substituents is 1. The van der Waals surface area contributed by atoms with Crippen LogP contribution in [0.3, 0.4) is 0 Å². The molecule has 2 fully saturated rings. The zero-order valence-electron chi connectivity index (χ0n) is 37.8. The fraction of sp³-hybridized carbons (Fsp3) is 0.196. The van der Waals surface area contributed by atoms with E-state index < -0.39 is 64.4 Å². The van der Waals surface area contributed by atoms with Crippen LogP contribution in [0.1, 0.15) is 77.3 Å². The van der Waals surface area contributed by atoms with Gasteiger partial charge in [0.05, 0.1) is 38.8 Å². The minimum absolute atomic E-state index is 0.0634. The van der Waals surface area contributed by atoms with Gasteiger partial charge >= 0.3 is 12.1 Å². The molecule has 11 rings (SSSR count). The Hall–Kier alpha value is -8.45. The number of nitrogens with one attached hydrogen (secondary N) is 1. The number of aromatic nitrogens is 1. The first kappa shape index (κ1) is 45.0. The topological polar surface area (TPSA) is 182 Å². The number of anilines is 2. The number of hydrogen-bond acceptors (Lipinski definition) is 12. The molecule has 3 aliphatic heterocycles. The predicted octanol–water partition coefficient (Wildman–Crippen LogP) is 10.4. The molecular formula is C56H43N5O9S. The smallest absolute Gasteiger partial charge is 0.421 e. The van der Waals surface area contributed by atoms with Crippen LogP contribution in [0.5, 0.6) is 5.75 Å². The van der Waals surface area contributed by atoms with Crippen LogP contribution in [0, 0.1) is 27.9 Å². The highest BCUT2D eigenvalue weighted by atomic mass is 32.1. The molecule has 1 aliphatic carbocycles. The third kappa shape index (κ3) is 7.96. The summed E-state index contributed by atoms with van der Waals surface area (Å²) in [4.78, 5) is 81.2. The summed E-state index contributed by atoms with van der Waals surface area (Å²) in [5.41, 5.74) is 2.43. The van der Waals surface area contributed by atoms with E-state index in [1.807, 2.05) is 89.8 Å². The number of imide groups is 1. The van der Waals surface area contributed by atoms with Crippen LogP contribution in [0.4, 0.5) is 21.3 Å². The van der Waals surface area contributed by atoms with Crippen molar-refractivity contribution in [1.29, 1.82) is 0 Å². The van der Waals surface area contributed by atoms with Crippen molar-refractivity contribution < 1.29 is 38.7 Å². The number of fused-ring (bicyclic) bond motifs is 4. The number of hydrogen-bond donors (Lipinski definition) is 2. The van der Waals surface area contributed by atoms with E-state index in [0.29, 0.717) is 27.8 Å². The number of aromatic hydroxyl groups is 1. The molecule has 352 valence electrons. The van der Waals surface area contributed by atoms with Gasteiger partial charge in [-0.1, -0.05) is 114 Å². The van der Waals surface area contributed by atoms with Gasteiger partial charge in [0, 0.05) is 17.7 Å². The SMILES string of the molecule is O=C1O[C@H](c2ccccc2)[C@H](c2ccccc2)N2[C@H]1[C@@H](C(=O)Nc1nc3ccccc3s1)[C@]1(C(=O)N(C(=O)OCc3ccc([N+](=O)[O-])cc3)c3ccc(C#CC4=CCCCC4)cc31)[C@H]2c1ccc(O)cc1. The van der Waals surface area contributed by atoms with Crippen LogP contribution in [0.2, 0.25) is 0 Å². The Bertz CT molecular complexity index is 3320. The second-order valence-corrected chi connectivity index (χ2v) is 18.9. The Kier molecular flexibility index (Phi) is 11.7. The van der Waals surface area contributed by atoms with E-state index in [2.05, 4.69) is 23.2 Å². The number of morpholine rings is 1. The highest BCUT2D eigenvalue weighted by molar-refractivity contribution is 7.22. The molecule has 15 heteroatoms. The number of rotatable bonds is 8. The molecule has 4 aliphatic rings. The number of nitro groups is 1. The average molecular weight is 962 g/mol. The van der Waals surface area contributed by atoms with E-state index in [4.69, 9.17) is 14.5 Å². The fourth-order valence-corrected chi connectivity index (χ4v) is 11.6. The second kappa shape index (κ2) is 18.5. The highest BCUT2D eigenvalue weighted by Crippen LogP contribution is 2.66. The summed E-state index contributed by atoms with van der Waals surface area (Å²) in [5, 5.41) is 25.5. The van der Waals surface area contributed by atoms with E-state index >= 15 is 14.4 Å². The number of carbonyl (C=O) groups excluding carboxylic acids is 4. The molecular weight excluding hydrogens is 919 g/mol. The van der Waals surface area contributed by atoms with E-state index in [-0.39, 0.29) is 34.4 Å². The van der Waals surface area contributed by atoms with Gasteiger partial charge in [0.1, 0.15) is 29.9 Å². The monoisotopic (exact) mass is 961 g/mol. The lowest BCUT2D eigenvalue weighted by atomic mass is 9.65. The third-order valence-electron chi connectivity index (χ3n) is 13.8. The molecule has 0 unspecified atom stereocenters. The number of nitrogens with zero attached hydrogens (tertiary/aromatic N) is 4. The maximum absolute atomic E-state index is 16.6. The number of esters is 1. The van der Waals surface area contributed by atoms with Gasteiger partial charge in [0.25, 0.3) is 5.69 Å². The second-order valence-electron chi connectivity index (χ2n) is 17.9. The number of phenolic OH excluding ortho intramolecular Hbond substituents is 1. The van der Waals surface area contributed by atoms with Gasteiger partial charge in [-0.05, 0) is 114 Å². The largest absolute Gasteiger partial charge is 0.508 e. The molecule has 4 heterocycles. The summed E-state index contributed by atoms with van der Waals surface area (Å²) in [6.45, 7) is -0.361. The van der Waals surface area contributed by atoms with Gasteiger partial charge in [0.2, 0.25) is 11.8 Å². The number of nitro benzene ring substituents is 1. The number of ether oxygens (including phenoxy) is 2. The van der Waals surface area contributed by atoms with Crippen LogP contribution in [0.25, 0.3) is 10.2 Å². The van der Waals surface area contributed by atoms with Crippen molar-refractivity contribution in [3.63, 3.8) is 0 Å². The third-order valence-corrected chi connectivity index (χ3v) is 14.8. The molecule has 0 radical (unpaired) electrons. The summed E-state index contributed by atoms with van der Waals surface area (Å²) in [5.74, 6) is 2.59. The Morgan fingerprint density at radius 3 is 2.27 bits per heavy atom. The summed E-state index contributed by atoms with van der Waals surface area (Å²) in [6, 6.07) is 39.4. The molecule has 71 heavy (non-hydrogen) atoms. The molecule has 2 N–H and O–H groups in total. The number of para-hydroxylation sites is 1. The van der Waals surface area contributed by atoms with Crippen LogP contribution in [0.15, 0.2) is 163 Å². The van der Waals surface area contributed by atoms with Gasteiger partial charge in [0.15, 0.2) is 5.13 Å². The quantitative estimate of drug-likeness (QED) is 0.0640. The summed E-state index contributed by atoms with van der Waals surface area (Å²) >= 11 is 1.23. The van der Waals surface area contributed by atoms with Crippen molar-refractivity contribution in [2.45, 2.75) is 61.9 Å². The van der Waals surface area contributed by atoms with E-state index in [9.17, 15) is 20.0 Å². The molecule has 14 nitrogen and oxygen atoms in total. The molecule has 1 aromatic heterocycles. The molecule has 0 saturated carbocycles. The maximum Gasteiger partial charge on any atom is 0.421 e. The minimum atomic E-state index is -2.12. The lowest BCUT2D eigenvalue weighted by Gasteiger charge is -2.46. The van der Waals surface area contributed by atoms with Gasteiger partial charge in [-0.25, -0.2) is 14.7 Å². The zero-order valence-corrected chi connectivity index (χ0v) is 38.7. The molecule has 6 atom stereocenters. The number of benzene rings is 6. The van der Waals surface area contributed by atoms with E-state index in [1.54, 1.807) is 30.3 Å². The van der Waals surface area contributed by atoms with E-state index in [0.717, 1.165) is 46.4 Å². The van der Waals surface area contributed by atoms with Gasteiger partial charge < -0.3 is 19.9 Å². The van der Waals surface area contributed by atoms with Gasteiger partial charge in [-0.15, -0.1) is 0 Å². The molecule has 2 saturated heterocycles. The fourth-order valence-electron chi connectivity index (χ4n) is 10.8. The molecule has 7 aromatic rings. The average Bonchev–Trinajstić information content (AvgIpc) is 4.04. The Balaban J connectivity index is 1.16. The van der Waals surface area contributed by atoms with Crippen molar-refractivity contribution in [3.05, 3.63) is 207 Å². The first-order valence-electron chi connectivity index (χ1n) is 23.2. The van der Waals surface area contributed by atoms with Crippen molar-refractivity contribution in [2.24, 2.45) is 5.92 Å². The number of allylic oxidation sites excluding steroid dienone is 2. The summed E-state index contributed by atoms with van der Waals surface area (Å²) in [6.07, 6.45) is 3.87. The van der Waals surface area contributed by atoms with Crippen molar-refractivity contribution in [2.75, 3.05) is 10.2 Å². The standard InChI is InChI=1S/C56H43N5O9S/c62-41-29-25-39(26-30-41)50-56(42-32-35(21-20-34-12-4-1-5-13-34)24-31-44(42)59(53(56)65)55(66)69-33-36-22-27-40(28-23-36)61(67)68)46(51(63)58-54-57-43-18-10-11-19-45(43)71-54)48-52(64)70-49(38-16-8-3-9-17-38)47(60(48)50)37-14-6-2-7-15-37/h2-3,6-12,14-19,22-32,46-50,62H,1,4-5,13,33H2,(H,57,58,63)/t46-,47-,48-,49+,50+,56-/m0/s1. The Labute approximate surface area is 411 Å². The number of carbonyl (C=O) groups is 4. The van der Waals surface area contributed by atoms with Crippen molar-refractivity contribution in [1.82, 2.24) is 9.88 Å². The minimum Gasteiger partial charge on any atom is -0.508 e. The number of amides is 3. The van der Waals surface area contributed by atoms with Crippen LogP contribution >= 0.6 is 11.3 Å². The summed E-state index contributed by atoms with van der Waals surface area (Å²) in [7, 11) is 0. The summed E-state index contributed by atoms with van der Waals surface area (Å²) < 4.78 is 13.3. The van der Waals surface area contributed by atoms with Crippen molar-refractivity contribution >= 4 is 61.9 Å². The van der Waals surface area contributed by atoms with Gasteiger partial charge in [-0.3, -0.25) is 29.4 Å². The Morgan fingerprint density at radius 2 is 1.56 bits per heavy atom. The van der Waals surface area contributed by atoms with Crippen LogP contribution in [-0.2, 0) is 35.9 Å². The Morgan fingerprint density at radius 1 is 0.845 bits per heavy atom. The number of thiazole rings is 1. The predicted molar refractivity (Wildman–Crippen MR) is 265 cm³/mol. The first-order valence-corrected chi connectivity index (χ1v) is 24.0. The number of phenols is 1. The number of cyclic esters (lactones) is 1. The highest BCUT2D eigenvalue weighted by Gasteiger charge is 2.76. The molecule has 0 bridgehead atoms. The van der Waals surface area contributed by atoms with Gasteiger partial charge in [-0.2, -0.15) is 0 Å². The molecule has 3 amide bonds. The normalized spacial score (nSPS) is 22.5. The van der Waals surface area contributed by atoms with Crippen LogP contribution < -0.4 is 10.2 Å². The zero-order chi connectivity index (χ0) is 48.8. The lowest BCUT2D eigenvalue weighted by Crippen LogP contribution is -2.54. The van der Waals surface area contributed by atoms with Crippen molar-refractivity contribution in [3.8, 4) is 17.6 Å². The maximum atomic E-state index is 16.6. The van der Waals surface area contributed by atoms with Crippen LogP contribution in [-0.4, -0.2) is 49.8 Å². The van der Waals surface area contributed by atoms with E-state index in [1.165, 1.54) is 47.7 Å². The first-order chi connectivity index (χ1) is 34.6. The molecule has 1 spiro atoms. The molecule has 6 aromatic carbocycles.